The van der Waals surface area contributed by atoms with Crippen molar-refractivity contribution in [1.82, 2.24) is 0 Å². The first kappa shape index (κ1) is 18.4. The predicted molar refractivity (Wildman–Crippen MR) is 90.1 cm³/mol. The first-order chi connectivity index (χ1) is 12.2. The fourth-order valence-corrected chi connectivity index (χ4v) is 3.04. The molecule has 0 unspecified atom stereocenters. The normalized spacial score (nSPS) is 17.4. The second-order valence-corrected chi connectivity index (χ2v) is 6.03. The van der Waals surface area contributed by atoms with Gasteiger partial charge in [0.1, 0.15) is 0 Å². The van der Waals surface area contributed by atoms with Crippen LogP contribution in [0.1, 0.15) is 36.1 Å². The minimum Gasteiger partial charge on any atom is -0.491 e. The highest BCUT2D eigenvalue weighted by Crippen LogP contribution is 2.56. The van der Waals surface area contributed by atoms with Crippen molar-refractivity contribution in [3.63, 3.8) is 0 Å². The number of benzene rings is 2. The molecule has 0 saturated carbocycles. The van der Waals surface area contributed by atoms with Crippen molar-refractivity contribution >= 4 is 11.6 Å². The lowest BCUT2D eigenvalue weighted by Crippen LogP contribution is -2.42. The van der Waals surface area contributed by atoms with Gasteiger partial charge in [0.2, 0.25) is 0 Å². The molecule has 3 rings (SSSR count). The smallest absolute Gasteiger partial charge is 0.343 e. The van der Waals surface area contributed by atoms with E-state index in [1.165, 1.54) is 24.3 Å². The molecule has 6 heteroatoms. The van der Waals surface area contributed by atoms with E-state index in [2.05, 4.69) is 0 Å². The summed E-state index contributed by atoms with van der Waals surface area (Å²) in [5, 5.41) is 0. The Bertz CT molecular complexity index is 853. The molecule has 0 spiro atoms. The van der Waals surface area contributed by atoms with Crippen molar-refractivity contribution < 1.29 is 26.7 Å². The van der Waals surface area contributed by atoms with E-state index < -0.39 is 34.5 Å². The monoisotopic (exact) mass is 368 g/mol. The van der Waals surface area contributed by atoms with Gasteiger partial charge in [-0.2, -0.15) is 17.6 Å². The highest BCUT2D eigenvalue weighted by atomic mass is 19.3. The lowest BCUT2D eigenvalue weighted by Gasteiger charge is -2.34. The molecule has 1 nitrogen and oxygen atoms in total. The van der Waals surface area contributed by atoms with Gasteiger partial charge < -0.3 is 4.74 Å². The summed E-state index contributed by atoms with van der Waals surface area (Å²) in [4.78, 5) is 0. The van der Waals surface area contributed by atoms with Gasteiger partial charge in [-0.05, 0) is 42.2 Å². The van der Waals surface area contributed by atoms with Gasteiger partial charge in [0.05, 0.1) is 12.2 Å². The summed E-state index contributed by atoms with van der Waals surface area (Å²) in [6, 6.07) is 8.32. The molecular formula is C20H17F5O. The SMILES string of the molecule is CCOc1ccc2c(c1F)C(F)(F)C(F)(F)C(c1ccc(CC)cc1)=C2. The number of rotatable bonds is 4. The Morgan fingerprint density at radius 3 is 2.12 bits per heavy atom. The summed E-state index contributed by atoms with van der Waals surface area (Å²) < 4.78 is 78.0. The Morgan fingerprint density at radius 1 is 0.885 bits per heavy atom. The van der Waals surface area contributed by atoms with Crippen molar-refractivity contribution in [3.8, 4) is 5.75 Å². The van der Waals surface area contributed by atoms with Crippen LogP contribution in [0.15, 0.2) is 36.4 Å². The van der Waals surface area contributed by atoms with E-state index in [0.717, 1.165) is 11.6 Å². The van der Waals surface area contributed by atoms with Crippen molar-refractivity contribution in [2.24, 2.45) is 0 Å². The molecule has 0 aromatic heterocycles. The highest BCUT2D eigenvalue weighted by molar-refractivity contribution is 5.89. The van der Waals surface area contributed by atoms with Crippen LogP contribution < -0.4 is 4.74 Å². The fraction of sp³-hybridized carbons (Fsp3) is 0.300. The van der Waals surface area contributed by atoms with Crippen LogP contribution in [-0.4, -0.2) is 12.5 Å². The van der Waals surface area contributed by atoms with Gasteiger partial charge in [-0.1, -0.05) is 37.3 Å². The van der Waals surface area contributed by atoms with Gasteiger partial charge in [0.15, 0.2) is 11.6 Å². The second kappa shape index (κ2) is 6.41. The molecule has 0 heterocycles. The number of aryl methyl sites for hydroxylation is 1. The summed E-state index contributed by atoms with van der Waals surface area (Å²) in [7, 11) is 0. The van der Waals surface area contributed by atoms with E-state index in [4.69, 9.17) is 4.74 Å². The van der Waals surface area contributed by atoms with Crippen LogP contribution in [0.25, 0.3) is 11.6 Å². The molecule has 0 N–H and O–H groups in total. The molecule has 0 saturated heterocycles. The van der Waals surface area contributed by atoms with E-state index in [1.807, 2.05) is 6.92 Å². The first-order valence-corrected chi connectivity index (χ1v) is 8.26. The number of hydrogen-bond acceptors (Lipinski definition) is 1. The molecule has 2 aromatic rings. The Labute approximate surface area is 148 Å². The zero-order valence-corrected chi connectivity index (χ0v) is 14.3. The van der Waals surface area contributed by atoms with Crippen LogP contribution in [0, 0.1) is 5.82 Å². The molecule has 0 aliphatic heterocycles. The highest BCUT2D eigenvalue weighted by Gasteiger charge is 2.63. The van der Waals surface area contributed by atoms with Crippen molar-refractivity contribution in [1.29, 1.82) is 0 Å². The van der Waals surface area contributed by atoms with E-state index in [9.17, 15) is 22.0 Å². The molecule has 0 amide bonds. The standard InChI is InChI=1S/C20H17F5O/c1-3-12-5-7-13(8-6-12)15-11-14-9-10-16(26-4-2)18(21)17(14)20(24,25)19(15,22)23/h5-11H,3-4H2,1-2H3. The summed E-state index contributed by atoms with van der Waals surface area (Å²) >= 11 is 0. The van der Waals surface area contributed by atoms with Crippen LogP contribution >= 0.6 is 0 Å². The van der Waals surface area contributed by atoms with Crippen molar-refractivity contribution in [3.05, 3.63) is 64.5 Å². The second-order valence-electron chi connectivity index (χ2n) is 6.03. The third-order valence-electron chi connectivity index (χ3n) is 4.46. The zero-order valence-electron chi connectivity index (χ0n) is 14.3. The Hall–Kier alpha value is -2.37. The maximum absolute atomic E-state index is 14.7. The average molecular weight is 368 g/mol. The van der Waals surface area contributed by atoms with Gasteiger partial charge >= 0.3 is 11.8 Å². The zero-order chi connectivity index (χ0) is 19.1. The van der Waals surface area contributed by atoms with Crippen LogP contribution in [0.3, 0.4) is 0 Å². The molecule has 138 valence electrons. The Kier molecular flexibility index (Phi) is 4.54. The molecule has 2 aromatic carbocycles. The molecule has 1 aliphatic rings. The number of hydrogen-bond donors (Lipinski definition) is 0. The first-order valence-electron chi connectivity index (χ1n) is 8.26. The maximum Gasteiger partial charge on any atom is 0.343 e. The van der Waals surface area contributed by atoms with E-state index in [-0.39, 0.29) is 17.7 Å². The topological polar surface area (TPSA) is 9.23 Å². The largest absolute Gasteiger partial charge is 0.491 e. The number of ether oxygens (including phenoxy) is 1. The molecule has 0 radical (unpaired) electrons. The maximum atomic E-state index is 14.7. The summed E-state index contributed by atoms with van der Waals surface area (Å²) in [5.74, 6) is -11.2. The summed E-state index contributed by atoms with van der Waals surface area (Å²) in [6.07, 6.45) is 1.62. The van der Waals surface area contributed by atoms with Crippen LogP contribution in [0.2, 0.25) is 0 Å². The van der Waals surface area contributed by atoms with Crippen molar-refractivity contribution in [2.75, 3.05) is 6.61 Å². The quantitative estimate of drug-likeness (QED) is 0.596. The van der Waals surface area contributed by atoms with E-state index in [1.54, 1.807) is 19.1 Å². The van der Waals surface area contributed by atoms with Crippen LogP contribution in [0.5, 0.6) is 5.75 Å². The van der Waals surface area contributed by atoms with Crippen molar-refractivity contribution in [2.45, 2.75) is 32.1 Å². The minimum atomic E-state index is -4.70. The molecular weight excluding hydrogens is 351 g/mol. The van der Waals surface area contributed by atoms with E-state index in [0.29, 0.717) is 6.42 Å². The Balaban J connectivity index is 2.22. The number of allylic oxidation sites excluding steroid dienone is 1. The molecule has 0 fully saturated rings. The fourth-order valence-electron chi connectivity index (χ4n) is 3.04. The van der Waals surface area contributed by atoms with Gasteiger partial charge in [-0.15, -0.1) is 0 Å². The van der Waals surface area contributed by atoms with Gasteiger partial charge in [-0.3, -0.25) is 0 Å². The summed E-state index contributed by atoms with van der Waals surface area (Å²) in [6.45, 7) is 3.47. The average Bonchev–Trinajstić information content (AvgIpc) is 2.60. The Morgan fingerprint density at radius 2 is 1.54 bits per heavy atom. The third-order valence-corrected chi connectivity index (χ3v) is 4.46. The number of halogens is 5. The molecule has 26 heavy (non-hydrogen) atoms. The van der Waals surface area contributed by atoms with Gasteiger partial charge in [0.25, 0.3) is 0 Å². The number of fused-ring (bicyclic) bond motifs is 1. The van der Waals surface area contributed by atoms with E-state index >= 15 is 0 Å². The van der Waals surface area contributed by atoms with Gasteiger partial charge in [0, 0.05) is 5.57 Å². The summed E-state index contributed by atoms with van der Waals surface area (Å²) in [5.41, 5.74) is -1.57. The van der Waals surface area contributed by atoms with Gasteiger partial charge in [-0.25, -0.2) is 4.39 Å². The van der Waals surface area contributed by atoms with Crippen LogP contribution in [-0.2, 0) is 12.3 Å². The minimum absolute atomic E-state index is 0.0215. The molecule has 0 atom stereocenters. The lowest BCUT2D eigenvalue weighted by atomic mass is 9.82. The molecule has 1 aliphatic carbocycles. The predicted octanol–water partition coefficient (Wildman–Crippen LogP) is 6.07. The van der Waals surface area contributed by atoms with Crippen LogP contribution in [0.4, 0.5) is 22.0 Å². The molecule has 0 bridgehead atoms. The lowest BCUT2D eigenvalue weighted by molar-refractivity contribution is -0.182. The third kappa shape index (κ3) is 2.68. The number of alkyl halides is 4.